The molecule has 2 amide bonds. The van der Waals surface area contributed by atoms with Gasteiger partial charge < -0.3 is 15.7 Å². The molecule has 144 valence electrons. The smallest absolute Gasteiger partial charge is 0.319 e. The van der Waals surface area contributed by atoms with Gasteiger partial charge in [-0.2, -0.15) is 5.10 Å². The van der Waals surface area contributed by atoms with E-state index >= 15 is 0 Å². The van der Waals surface area contributed by atoms with E-state index in [1.165, 1.54) is 0 Å². The first-order chi connectivity index (χ1) is 12.5. The van der Waals surface area contributed by atoms with E-state index in [-0.39, 0.29) is 24.7 Å². The van der Waals surface area contributed by atoms with Crippen molar-refractivity contribution in [2.24, 2.45) is 0 Å². The molecule has 0 atom stereocenters. The average molecular weight is 363 g/mol. The van der Waals surface area contributed by atoms with Crippen LogP contribution in [-0.2, 0) is 11.3 Å². The lowest BCUT2D eigenvalue weighted by atomic mass is 9.85. The maximum Gasteiger partial charge on any atom is 0.319 e. The van der Waals surface area contributed by atoms with Crippen molar-refractivity contribution < 1.29 is 14.7 Å². The maximum atomic E-state index is 12.3. The summed E-state index contributed by atoms with van der Waals surface area (Å²) in [5.74, 6) is -0.292. The van der Waals surface area contributed by atoms with Gasteiger partial charge in [-0.15, -0.1) is 0 Å². The fourth-order valence-electron chi connectivity index (χ4n) is 3.69. The number of aromatic nitrogens is 2. The summed E-state index contributed by atoms with van der Waals surface area (Å²) in [6.07, 6.45) is 6.66. The van der Waals surface area contributed by atoms with Crippen molar-refractivity contribution in [3.8, 4) is 0 Å². The first kappa shape index (κ1) is 18.7. The molecule has 2 saturated carbocycles. The monoisotopic (exact) mass is 363 g/mol. The van der Waals surface area contributed by atoms with Gasteiger partial charge in [0.1, 0.15) is 0 Å². The Hall–Kier alpha value is -2.09. The van der Waals surface area contributed by atoms with Crippen LogP contribution in [0.25, 0.3) is 0 Å². The Morgan fingerprint density at radius 1 is 1.35 bits per heavy atom. The summed E-state index contributed by atoms with van der Waals surface area (Å²) in [7, 11) is 0. The van der Waals surface area contributed by atoms with Crippen molar-refractivity contribution in [1.29, 1.82) is 0 Å². The zero-order valence-corrected chi connectivity index (χ0v) is 15.6. The molecule has 2 aliphatic rings. The molecule has 3 N–H and O–H groups in total. The van der Waals surface area contributed by atoms with Crippen LogP contribution in [0.4, 0.5) is 10.5 Å². The predicted octanol–water partition coefficient (Wildman–Crippen LogP) is 2.23. The zero-order chi connectivity index (χ0) is 18.7. The van der Waals surface area contributed by atoms with E-state index in [0.717, 1.165) is 50.0 Å². The van der Waals surface area contributed by atoms with Gasteiger partial charge in [0, 0.05) is 24.5 Å². The number of aliphatic carboxylic acids is 1. The van der Waals surface area contributed by atoms with Crippen LogP contribution in [0.15, 0.2) is 6.20 Å². The molecule has 0 bridgehead atoms. The molecule has 0 aliphatic heterocycles. The van der Waals surface area contributed by atoms with Gasteiger partial charge >= 0.3 is 12.0 Å². The Morgan fingerprint density at radius 2 is 2.08 bits per heavy atom. The predicted molar refractivity (Wildman–Crippen MR) is 98.3 cm³/mol. The number of carboxylic acids is 1. The number of rotatable bonds is 9. The van der Waals surface area contributed by atoms with E-state index in [2.05, 4.69) is 22.7 Å². The van der Waals surface area contributed by atoms with Crippen LogP contribution in [0.3, 0.4) is 0 Å². The Bertz CT molecular complexity index is 649. The molecule has 8 heteroatoms. The van der Waals surface area contributed by atoms with Gasteiger partial charge in [0.05, 0.1) is 24.1 Å². The van der Waals surface area contributed by atoms with E-state index in [9.17, 15) is 9.59 Å². The Labute approximate surface area is 153 Å². The number of nitrogens with zero attached hydrogens (tertiary/aromatic N) is 3. The Balaban J connectivity index is 1.49. The van der Waals surface area contributed by atoms with E-state index in [1.807, 2.05) is 16.5 Å². The van der Waals surface area contributed by atoms with Gasteiger partial charge in [-0.3, -0.25) is 14.4 Å². The van der Waals surface area contributed by atoms with Crippen LogP contribution in [0.5, 0.6) is 0 Å². The van der Waals surface area contributed by atoms with Crippen molar-refractivity contribution in [2.45, 2.75) is 70.5 Å². The highest BCUT2D eigenvalue weighted by Crippen LogP contribution is 2.43. The lowest BCUT2D eigenvalue weighted by molar-refractivity contribution is -0.139. The summed E-state index contributed by atoms with van der Waals surface area (Å²) < 4.78 is 2.01. The van der Waals surface area contributed by atoms with Crippen LogP contribution in [0.1, 0.15) is 57.6 Å². The molecule has 0 spiro atoms. The second-order valence-corrected chi connectivity index (χ2v) is 7.32. The highest BCUT2D eigenvalue weighted by Gasteiger charge is 2.35. The topological polar surface area (TPSA) is 99.5 Å². The largest absolute Gasteiger partial charge is 0.480 e. The molecule has 0 saturated heterocycles. The summed E-state index contributed by atoms with van der Waals surface area (Å²) >= 11 is 0. The van der Waals surface area contributed by atoms with Crippen LogP contribution in [0.2, 0.25) is 0 Å². The van der Waals surface area contributed by atoms with E-state index in [0.29, 0.717) is 12.5 Å². The summed E-state index contributed by atoms with van der Waals surface area (Å²) in [5.41, 5.74) is 1.96. The number of amides is 2. The van der Waals surface area contributed by atoms with Crippen LogP contribution in [0, 0.1) is 0 Å². The minimum Gasteiger partial charge on any atom is -0.480 e. The fourth-order valence-corrected chi connectivity index (χ4v) is 3.69. The highest BCUT2D eigenvalue weighted by molar-refractivity contribution is 5.90. The first-order valence-corrected chi connectivity index (χ1v) is 9.60. The minimum atomic E-state index is -0.808. The molecule has 0 unspecified atom stereocenters. The molecule has 0 radical (unpaired) electrons. The van der Waals surface area contributed by atoms with Gasteiger partial charge in [0.25, 0.3) is 0 Å². The number of hydrogen-bond acceptors (Lipinski definition) is 4. The molecule has 1 aromatic rings. The number of urea groups is 1. The van der Waals surface area contributed by atoms with Gasteiger partial charge in [-0.25, -0.2) is 4.79 Å². The van der Waals surface area contributed by atoms with Crippen molar-refractivity contribution in [3.63, 3.8) is 0 Å². The minimum absolute atomic E-state index is 0.0570. The summed E-state index contributed by atoms with van der Waals surface area (Å²) in [6, 6.07) is 0.126. The van der Waals surface area contributed by atoms with Crippen LogP contribution in [-0.4, -0.2) is 57.0 Å². The van der Waals surface area contributed by atoms with E-state index in [1.54, 1.807) is 6.20 Å². The summed E-state index contributed by atoms with van der Waals surface area (Å²) in [6.45, 7) is 5.72. The number of anilines is 1. The standard InChI is InChI=1S/C18H29N5O3/c1-3-7-23-17(12-5-6-12)15(10-19-23)21-18(26)20-13-8-14(9-13)22(4-2)11-16(24)25/h10,12-14H,3-9,11H2,1-2H3,(H,24,25)(H2,20,21,26). The highest BCUT2D eigenvalue weighted by atomic mass is 16.4. The molecular formula is C18H29N5O3. The Kier molecular flexibility index (Phi) is 5.80. The van der Waals surface area contributed by atoms with Gasteiger partial charge in [0.2, 0.25) is 0 Å². The number of carboxylic acid groups (broad SMARTS) is 1. The van der Waals surface area contributed by atoms with Crippen LogP contribution < -0.4 is 10.6 Å². The SMILES string of the molecule is CCCn1ncc(NC(=O)NC2CC(N(CC)CC(=O)O)C2)c1C1CC1. The third-order valence-corrected chi connectivity index (χ3v) is 5.24. The summed E-state index contributed by atoms with van der Waals surface area (Å²) in [5, 5.41) is 19.3. The molecule has 2 fully saturated rings. The third-order valence-electron chi connectivity index (χ3n) is 5.24. The number of carbonyl (C=O) groups is 2. The second-order valence-electron chi connectivity index (χ2n) is 7.32. The molecular weight excluding hydrogens is 334 g/mol. The molecule has 1 aromatic heterocycles. The lowest BCUT2D eigenvalue weighted by Crippen LogP contribution is -2.55. The molecule has 1 heterocycles. The van der Waals surface area contributed by atoms with E-state index < -0.39 is 5.97 Å². The van der Waals surface area contributed by atoms with Gasteiger partial charge in [-0.1, -0.05) is 13.8 Å². The lowest BCUT2D eigenvalue weighted by Gasteiger charge is -2.42. The number of likely N-dealkylation sites (N-methyl/N-ethyl adjacent to an activating group) is 1. The number of nitrogens with one attached hydrogen (secondary N) is 2. The van der Waals surface area contributed by atoms with Gasteiger partial charge in [0.15, 0.2) is 0 Å². The fraction of sp³-hybridized carbons (Fsp3) is 0.722. The number of aryl methyl sites for hydroxylation is 1. The van der Waals surface area contributed by atoms with Crippen molar-refractivity contribution in [1.82, 2.24) is 20.0 Å². The zero-order valence-electron chi connectivity index (χ0n) is 15.6. The Morgan fingerprint density at radius 3 is 2.65 bits per heavy atom. The summed E-state index contributed by atoms with van der Waals surface area (Å²) in [4.78, 5) is 25.2. The number of carbonyl (C=O) groups excluding carboxylic acids is 1. The maximum absolute atomic E-state index is 12.3. The van der Waals surface area contributed by atoms with Crippen LogP contribution >= 0.6 is 0 Å². The first-order valence-electron chi connectivity index (χ1n) is 9.60. The molecule has 26 heavy (non-hydrogen) atoms. The molecule has 8 nitrogen and oxygen atoms in total. The van der Waals surface area contributed by atoms with Crippen molar-refractivity contribution in [3.05, 3.63) is 11.9 Å². The third kappa shape index (κ3) is 4.35. The molecule has 3 rings (SSSR count). The van der Waals surface area contributed by atoms with E-state index in [4.69, 9.17) is 5.11 Å². The average Bonchev–Trinajstić information content (AvgIpc) is 3.32. The van der Waals surface area contributed by atoms with Crippen molar-refractivity contribution >= 4 is 17.7 Å². The molecule has 0 aromatic carbocycles. The van der Waals surface area contributed by atoms with Gasteiger partial charge in [-0.05, 0) is 38.6 Å². The van der Waals surface area contributed by atoms with Crippen molar-refractivity contribution in [2.75, 3.05) is 18.4 Å². The quantitative estimate of drug-likeness (QED) is 0.625. The second kappa shape index (κ2) is 8.07. The normalized spacial score (nSPS) is 22.1. The molecule has 2 aliphatic carbocycles. The number of hydrogen-bond donors (Lipinski definition) is 3.